The molecule has 0 aliphatic heterocycles. The maximum absolute atomic E-state index is 4.29. The zero-order chi connectivity index (χ0) is 14.8. The van der Waals surface area contributed by atoms with Gasteiger partial charge in [-0.05, 0) is 39.0 Å². The normalized spacial score (nSPS) is 11.8. The summed E-state index contributed by atoms with van der Waals surface area (Å²) in [5.41, 5.74) is 1.23. The third kappa shape index (κ3) is 4.62. The van der Waals surface area contributed by atoms with Crippen LogP contribution in [-0.4, -0.2) is 22.3 Å². The Labute approximate surface area is 140 Å². The molecule has 1 aromatic carbocycles. The van der Waals surface area contributed by atoms with Crippen molar-refractivity contribution in [3.8, 4) is 10.6 Å². The number of hydrogen-bond acceptors (Lipinski definition) is 4. The van der Waals surface area contributed by atoms with Gasteiger partial charge in [0.05, 0.1) is 0 Å². The highest BCUT2D eigenvalue weighted by molar-refractivity contribution is 9.11. The predicted octanol–water partition coefficient (Wildman–Crippen LogP) is 4.66. The Morgan fingerprint density at radius 2 is 1.95 bits per heavy atom. The number of rotatable bonds is 4. The quantitative estimate of drug-likeness (QED) is 0.784. The fourth-order valence-corrected chi connectivity index (χ4v) is 3.92. The molecule has 0 aliphatic carbocycles. The monoisotopic (exact) mass is 417 g/mol. The molecule has 0 atom stereocenters. The number of nitrogens with zero attached hydrogens (tertiary/aromatic N) is 2. The van der Waals surface area contributed by atoms with Crippen LogP contribution in [0.15, 0.2) is 27.1 Å². The van der Waals surface area contributed by atoms with Crippen LogP contribution >= 0.6 is 43.2 Å². The minimum absolute atomic E-state index is 0.141. The van der Waals surface area contributed by atoms with E-state index >= 15 is 0 Å². The summed E-state index contributed by atoms with van der Waals surface area (Å²) < 4.78 is 2.08. The summed E-state index contributed by atoms with van der Waals surface area (Å²) in [5.74, 6) is 0. The lowest BCUT2D eigenvalue weighted by Gasteiger charge is -2.19. The van der Waals surface area contributed by atoms with Gasteiger partial charge in [0.25, 0.3) is 0 Å². The van der Waals surface area contributed by atoms with Gasteiger partial charge >= 0.3 is 0 Å². The smallest absolute Gasteiger partial charge is 0.148 e. The van der Waals surface area contributed by atoms with Gasteiger partial charge in [0, 0.05) is 33.0 Å². The van der Waals surface area contributed by atoms with E-state index in [1.165, 1.54) is 0 Å². The lowest BCUT2D eigenvalue weighted by molar-refractivity contribution is 0.429. The van der Waals surface area contributed by atoms with Crippen molar-refractivity contribution in [1.29, 1.82) is 0 Å². The summed E-state index contributed by atoms with van der Waals surface area (Å²) in [7, 11) is 0. The van der Waals surface area contributed by atoms with E-state index in [9.17, 15) is 0 Å². The lowest BCUT2D eigenvalue weighted by Crippen LogP contribution is -2.37. The van der Waals surface area contributed by atoms with Crippen LogP contribution in [0.3, 0.4) is 0 Å². The van der Waals surface area contributed by atoms with Gasteiger partial charge < -0.3 is 5.32 Å². The van der Waals surface area contributed by atoms with Crippen molar-refractivity contribution < 1.29 is 0 Å². The summed E-state index contributed by atoms with van der Waals surface area (Å²) in [5, 5.41) is 14.0. The number of nitrogens with one attached hydrogen (secondary N) is 1. The molecule has 0 bridgehead atoms. The van der Waals surface area contributed by atoms with Crippen LogP contribution in [0.25, 0.3) is 10.6 Å². The van der Waals surface area contributed by atoms with E-state index in [0.29, 0.717) is 0 Å². The maximum Gasteiger partial charge on any atom is 0.148 e. The van der Waals surface area contributed by atoms with Crippen molar-refractivity contribution in [2.75, 3.05) is 6.54 Å². The molecule has 2 aromatic rings. The minimum Gasteiger partial charge on any atom is -0.312 e. The number of aromatic nitrogens is 2. The van der Waals surface area contributed by atoms with Crippen LogP contribution in [0.1, 0.15) is 25.8 Å². The van der Waals surface area contributed by atoms with Crippen LogP contribution < -0.4 is 5.32 Å². The summed E-state index contributed by atoms with van der Waals surface area (Å²) in [6.45, 7) is 7.41. The molecule has 20 heavy (non-hydrogen) atoms. The molecule has 0 radical (unpaired) electrons. The van der Waals surface area contributed by atoms with E-state index in [0.717, 1.165) is 37.5 Å². The predicted molar refractivity (Wildman–Crippen MR) is 92.2 cm³/mol. The number of halogens is 2. The van der Waals surface area contributed by atoms with Crippen LogP contribution in [0, 0.1) is 0 Å². The molecule has 1 N–H and O–H groups in total. The number of benzene rings is 1. The van der Waals surface area contributed by atoms with Gasteiger partial charge in [-0.15, -0.1) is 10.2 Å². The number of hydrogen-bond donors (Lipinski definition) is 1. The standard InChI is InChI=1S/C14H17Br2N3S/c1-14(2,3)17-7-6-12-18-19-13(20-12)10-5-4-9(15)8-11(10)16/h4-5,8,17H,6-7H2,1-3H3. The summed E-state index contributed by atoms with van der Waals surface area (Å²) in [6, 6.07) is 6.09. The highest BCUT2D eigenvalue weighted by atomic mass is 79.9. The molecule has 0 fully saturated rings. The maximum atomic E-state index is 4.29. The first kappa shape index (κ1) is 16.1. The van der Waals surface area contributed by atoms with E-state index in [2.05, 4.69) is 68.1 Å². The zero-order valence-corrected chi connectivity index (χ0v) is 15.7. The van der Waals surface area contributed by atoms with Gasteiger partial charge in [-0.3, -0.25) is 0 Å². The first-order valence-electron chi connectivity index (χ1n) is 6.38. The first-order valence-corrected chi connectivity index (χ1v) is 8.78. The Hall–Kier alpha value is -0.300. The topological polar surface area (TPSA) is 37.8 Å². The lowest BCUT2D eigenvalue weighted by atomic mass is 10.1. The fourth-order valence-electron chi connectivity index (χ4n) is 1.67. The summed E-state index contributed by atoms with van der Waals surface area (Å²) in [6.07, 6.45) is 0.906. The Morgan fingerprint density at radius 3 is 2.60 bits per heavy atom. The van der Waals surface area contributed by atoms with Crippen molar-refractivity contribution in [3.05, 3.63) is 32.2 Å². The van der Waals surface area contributed by atoms with Crippen LogP contribution in [0.5, 0.6) is 0 Å². The van der Waals surface area contributed by atoms with Crippen molar-refractivity contribution in [1.82, 2.24) is 15.5 Å². The minimum atomic E-state index is 0.141. The molecule has 0 aliphatic rings. The Morgan fingerprint density at radius 1 is 1.20 bits per heavy atom. The van der Waals surface area contributed by atoms with E-state index in [-0.39, 0.29) is 5.54 Å². The fraction of sp³-hybridized carbons (Fsp3) is 0.429. The average molecular weight is 419 g/mol. The van der Waals surface area contributed by atoms with Crippen molar-refractivity contribution in [2.24, 2.45) is 0 Å². The highest BCUT2D eigenvalue weighted by Crippen LogP contribution is 2.32. The molecule has 6 heteroatoms. The Kier molecular flexibility index (Phi) is 5.34. The molecule has 0 saturated heterocycles. The zero-order valence-electron chi connectivity index (χ0n) is 11.7. The molecule has 0 amide bonds. The second-order valence-electron chi connectivity index (χ2n) is 5.55. The molecule has 0 unspecified atom stereocenters. The third-order valence-electron chi connectivity index (χ3n) is 2.62. The first-order chi connectivity index (χ1) is 9.35. The molecule has 0 saturated carbocycles. The van der Waals surface area contributed by atoms with Crippen LogP contribution in [0.2, 0.25) is 0 Å². The molecular weight excluding hydrogens is 402 g/mol. The second kappa shape index (κ2) is 6.64. The van der Waals surface area contributed by atoms with Crippen LogP contribution in [-0.2, 0) is 6.42 Å². The van der Waals surface area contributed by atoms with Gasteiger partial charge in [-0.1, -0.05) is 43.2 Å². The third-order valence-corrected chi connectivity index (χ3v) is 4.79. The molecule has 1 heterocycles. The average Bonchev–Trinajstić information content (AvgIpc) is 2.75. The Balaban J connectivity index is 2.05. The summed E-state index contributed by atoms with van der Waals surface area (Å²) in [4.78, 5) is 0. The molecule has 108 valence electrons. The Bertz CT molecular complexity index is 590. The van der Waals surface area contributed by atoms with Crippen molar-refractivity contribution in [2.45, 2.75) is 32.7 Å². The largest absolute Gasteiger partial charge is 0.312 e. The second-order valence-corrected chi connectivity index (χ2v) is 8.38. The van der Waals surface area contributed by atoms with Crippen molar-refractivity contribution >= 4 is 43.2 Å². The van der Waals surface area contributed by atoms with E-state index in [1.807, 2.05) is 18.2 Å². The van der Waals surface area contributed by atoms with Crippen molar-refractivity contribution in [3.63, 3.8) is 0 Å². The van der Waals surface area contributed by atoms with Gasteiger partial charge in [0.1, 0.15) is 10.0 Å². The van der Waals surface area contributed by atoms with Gasteiger partial charge in [-0.25, -0.2) is 0 Å². The van der Waals surface area contributed by atoms with E-state index in [4.69, 9.17) is 0 Å². The molecule has 2 rings (SSSR count). The summed E-state index contributed by atoms with van der Waals surface area (Å²) >= 11 is 8.67. The van der Waals surface area contributed by atoms with E-state index < -0.39 is 0 Å². The van der Waals surface area contributed by atoms with Gasteiger partial charge in [0.15, 0.2) is 0 Å². The molecule has 1 aromatic heterocycles. The SMILES string of the molecule is CC(C)(C)NCCc1nnc(-c2ccc(Br)cc2Br)s1. The van der Waals surface area contributed by atoms with Gasteiger partial charge in [0.2, 0.25) is 0 Å². The highest BCUT2D eigenvalue weighted by Gasteiger charge is 2.12. The molecule has 3 nitrogen and oxygen atoms in total. The molecular formula is C14H17Br2N3S. The van der Waals surface area contributed by atoms with Gasteiger partial charge in [-0.2, -0.15) is 0 Å². The molecule has 0 spiro atoms. The van der Waals surface area contributed by atoms with Crippen LogP contribution in [0.4, 0.5) is 0 Å². The van der Waals surface area contributed by atoms with E-state index in [1.54, 1.807) is 11.3 Å².